The van der Waals surface area contributed by atoms with Crippen LogP contribution in [0.25, 0.3) is 11.1 Å². The van der Waals surface area contributed by atoms with Crippen LogP contribution in [0.1, 0.15) is 11.1 Å². The van der Waals surface area contributed by atoms with Gasteiger partial charge < -0.3 is 18.9 Å². The second kappa shape index (κ2) is 7.36. The minimum Gasteiger partial charge on any atom is -0.493 e. The monoisotopic (exact) mass is 371 g/mol. The molecule has 27 heavy (non-hydrogen) atoms. The second-order valence-corrected chi connectivity index (χ2v) is 5.65. The van der Waals surface area contributed by atoms with E-state index in [1.54, 1.807) is 24.3 Å². The van der Waals surface area contributed by atoms with Crippen molar-refractivity contribution in [1.29, 1.82) is 0 Å². The predicted molar refractivity (Wildman–Crippen MR) is 97.0 cm³/mol. The number of benzene rings is 2. The lowest BCUT2D eigenvalue weighted by Crippen LogP contribution is -2.01. The van der Waals surface area contributed by atoms with Crippen LogP contribution in [0.5, 0.6) is 17.2 Å². The molecule has 140 valence electrons. The number of cyclic esters (lactones) is 1. The molecule has 0 saturated carbocycles. The van der Waals surface area contributed by atoms with Crippen LogP contribution < -0.4 is 14.2 Å². The van der Waals surface area contributed by atoms with Gasteiger partial charge in [0.2, 0.25) is 5.75 Å². The average Bonchev–Trinajstić information content (AvgIpc) is 3.08. The Balaban J connectivity index is 2.16. The van der Waals surface area contributed by atoms with E-state index in [1.807, 2.05) is 0 Å². The number of nitrogens with zero attached hydrogens (tertiary/aromatic N) is 1. The molecule has 0 bridgehead atoms. The Labute approximate surface area is 155 Å². The van der Waals surface area contributed by atoms with Gasteiger partial charge in [-0.1, -0.05) is 0 Å². The molecule has 3 rings (SSSR count). The fraction of sp³-hybridized carbons (Fsp3) is 0.211. The Morgan fingerprint density at radius 1 is 0.963 bits per heavy atom. The summed E-state index contributed by atoms with van der Waals surface area (Å²) in [7, 11) is 4.46. The molecular weight excluding hydrogens is 354 g/mol. The minimum atomic E-state index is -0.488. The van der Waals surface area contributed by atoms with Crippen LogP contribution in [0.2, 0.25) is 0 Å². The summed E-state index contributed by atoms with van der Waals surface area (Å²) < 4.78 is 21.2. The summed E-state index contributed by atoms with van der Waals surface area (Å²) in [6.45, 7) is 0.0721. The Bertz CT molecular complexity index is 907. The van der Waals surface area contributed by atoms with Gasteiger partial charge in [-0.25, -0.2) is 4.79 Å². The zero-order valence-electron chi connectivity index (χ0n) is 15.0. The van der Waals surface area contributed by atoms with Gasteiger partial charge in [-0.05, 0) is 35.4 Å². The quantitative estimate of drug-likeness (QED) is 0.437. The van der Waals surface area contributed by atoms with E-state index in [0.717, 1.165) is 0 Å². The SMILES string of the molecule is COc1cc(C2=C(c3ccc([N+](=O)[O-])cc3)COC2=O)cc(OC)c1OC. The number of hydrogen-bond donors (Lipinski definition) is 0. The fourth-order valence-corrected chi connectivity index (χ4v) is 2.93. The average molecular weight is 371 g/mol. The first-order chi connectivity index (χ1) is 13.0. The van der Waals surface area contributed by atoms with Gasteiger partial charge >= 0.3 is 5.97 Å². The molecule has 8 heteroatoms. The summed E-state index contributed by atoms with van der Waals surface area (Å²) in [6.07, 6.45) is 0. The standard InChI is InChI=1S/C19H17NO7/c1-24-15-8-12(9-16(25-2)18(15)26-3)17-14(10-27-19(17)21)11-4-6-13(7-5-11)20(22)23/h4-9H,10H2,1-3H3. The maximum absolute atomic E-state index is 12.4. The fourth-order valence-electron chi connectivity index (χ4n) is 2.93. The predicted octanol–water partition coefficient (Wildman–Crippen LogP) is 3.09. The van der Waals surface area contributed by atoms with E-state index in [0.29, 0.717) is 39.5 Å². The Kier molecular flexibility index (Phi) is 4.98. The van der Waals surface area contributed by atoms with E-state index in [1.165, 1.54) is 33.5 Å². The number of non-ortho nitro benzene ring substituents is 1. The van der Waals surface area contributed by atoms with Crippen molar-refractivity contribution in [2.24, 2.45) is 0 Å². The van der Waals surface area contributed by atoms with Gasteiger partial charge in [0.25, 0.3) is 5.69 Å². The van der Waals surface area contributed by atoms with Crippen LogP contribution >= 0.6 is 0 Å². The molecule has 0 atom stereocenters. The largest absolute Gasteiger partial charge is 0.493 e. The first kappa shape index (κ1) is 18.2. The van der Waals surface area contributed by atoms with Crippen molar-refractivity contribution in [2.75, 3.05) is 27.9 Å². The number of carbonyl (C=O) groups is 1. The van der Waals surface area contributed by atoms with Crippen molar-refractivity contribution in [2.45, 2.75) is 0 Å². The van der Waals surface area contributed by atoms with Crippen LogP contribution in [0.4, 0.5) is 5.69 Å². The first-order valence-electron chi connectivity index (χ1n) is 7.95. The highest BCUT2D eigenvalue weighted by Crippen LogP contribution is 2.42. The highest BCUT2D eigenvalue weighted by Gasteiger charge is 2.29. The van der Waals surface area contributed by atoms with Crippen molar-refractivity contribution in [3.63, 3.8) is 0 Å². The number of rotatable bonds is 6. The molecule has 0 spiro atoms. The van der Waals surface area contributed by atoms with E-state index in [-0.39, 0.29) is 12.3 Å². The zero-order chi connectivity index (χ0) is 19.6. The summed E-state index contributed by atoms with van der Waals surface area (Å²) >= 11 is 0. The summed E-state index contributed by atoms with van der Waals surface area (Å²) in [6, 6.07) is 9.28. The third kappa shape index (κ3) is 3.29. The van der Waals surface area contributed by atoms with Crippen LogP contribution in [0, 0.1) is 10.1 Å². The number of methoxy groups -OCH3 is 3. The minimum absolute atomic E-state index is 0.0288. The van der Waals surface area contributed by atoms with Crippen LogP contribution in [-0.2, 0) is 9.53 Å². The number of esters is 1. The molecule has 0 fully saturated rings. The third-order valence-electron chi connectivity index (χ3n) is 4.23. The summed E-state index contributed by atoms with van der Waals surface area (Å²) in [4.78, 5) is 22.8. The summed E-state index contributed by atoms with van der Waals surface area (Å²) in [5, 5.41) is 10.8. The Morgan fingerprint density at radius 3 is 2.04 bits per heavy atom. The Hall–Kier alpha value is -3.55. The molecule has 0 radical (unpaired) electrons. The number of carbonyl (C=O) groups excluding carboxylic acids is 1. The maximum Gasteiger partial charge on any atom is 0.339 e. The maximum atomic E-state index is 12.4. The lowest BCUT2D eigenvalue weighted by Gasteiger charge is -2.14. The van der Waals surface area contributed by atoms with Gasteiger partial charge in [0, 0.05) is 17.7 Å². The molecule has 0 aliphatic carbocycles. The van der Waals surface area contributed by atoms with E-state index >= 15 is 0 Å². The molecule has 0 N–H and O–H groups in total. The van der Waals surface area contributed by atoms with Crippen molar-refractivity contribution in [3.05, 3.63) is 57.6 Å². The second-order valence-electron chi connectivity index (χ2n) is 5.65. The van der Waals surface area contributed by atoms with Crippen LogP contribution in [-0.4, -0.2) is 38.8 Å². The van der Waals surface area contributed by atoms with Gasteiger partial charge in [0.15, 0.2) is 11.5 Å². The molecule has 1 aliphatic rings. The van der Waals surface area contributed by atoms with Gasteiger partial charge in [-0.3, -0.25) is 10.1 Å². The third-order valence-corrected chi connectivity index (χ3v) is 4.23. The summed E-state index contributed by atoms with van der Waals surface area (Å²) in [5.74, 6) is 0.731. The van der Waals surface area contributed by atoms with Gasteiger partial charge in [-0.2, -0.15) is 0 Å². The topological polar surface area (TPSA) is 97.1 Å². The molecule has 0 aromatic heterocycles. The Morgan fingerprint density at radius 2 is 1.56 bits per heavy atom. The van der Waals surface area contributed by atoms with E-state index < -0.39 is 10.9 Å². The smallest absolute Gasteiger partial charge is 0.339 e. The normalized spacial score (nSPS) is 13.4. The highest BCUT2D eigenvalue weighted by molar-refractivity contribution is 6.27. The first-order valence-corrected chi connectivity index (χ1v) is 7.95. The molecule has 2 aromatic rings. The van der Waals surface area contributed by atoms with E-state index in [9.17, 15) is 14.9 Å². The van der Waals surface area contributed by atoms with Crippen LogP contribution in [0.3, 0.4) is 0 Å². The number of hydrogen-bond acceptors (Lipinski definition) is 7. The van der Waals surface area contributed by atoms with Gasteiger partial charge in [-0.15, -0.1) is 0 Å². The molecule has 0 saturated heterocycles. The van der Waals surface area contributed by atoms with E-state index in [2.05, 4.69) is 0 Å². The molecule has 1 aliphatic heterocycles. The molecule has 1 heterocycles. The van der Waals surface area contributed by atoms with E-state index in [4.69, 9.17) is 18.9 Å². The number of nitro groups is 1. The van der Waals surface area contributed by atoms with Crippen molar-refractivity contribution >= 4 is 22.8 Å². The van der Waals surface area contributed by atoms with Gasteiger partial charge in [0.1, 0.15) is 6.61 Å². The van der Waals surface area contributed by atoms with Crippen LogP contribution in [0.15, 0.2) is 36.4 Å². The lowest BCUT2D eigenvalue weighted by molar-refractivity contribution is -0.384. The number of nitro benzene ring substituents is 1. The highest BCUT2D eigenvalue weighted by atomic mass is 16.6. The molecule has 0 unspecified atom stereocenters. The zero-order valence-corrected chi connectivity index (χ0v) is 15.0. The molecular formula is C19H17NO7. The molecule has 0 amide bonds. The lowest BCUT2D eigenvalue weighted by atomic mass is 9.96. The van der Waals surface area contributed by atoms with Crippen molar-refractivity contribution in [3.8, 4) is 17.2 Å². The number of ether oxygens (including phenoxy) is 4. The molecule has 2 aromatic carbocycles. The molecule has 8 nitrogen and oxygen atoms in total. The van der Waals surface area contributed by atoms with Gasteiger partial charge in [0.05, 0.1) is 31.8 Å². The van der Waals surface area contributed by atoms with Crippen molar-refractivity contribution < 1.29 is 28.7 Å². The van der Waals surface area contributed by atoms with Crippen molar-refractivity contribution in [1.82, 2.24) is 0 Å². The summed E-state index contributed by atoms with van der Waals surface area (Å²) in [5.41, 5.74) is 2.15.